The van der Waals surface area contributed by atoms with Crippen molar-refractivity contribution in [2.75, 3.05) is 6.61 Å². The van der Waals surface area contributed by atoms with Crippen LogP contribution in [0, 0.1) is 6.92 Å². The number of carbonyl (C=O) groups excluding carboxylic acids is 2. The largest absolute Gasteiger partial charge is 0.484 e. The standard InChI is InChI=1S/C23H29ClN2O3/c1-5-17(3)25-23(28)18(4)26(14-19-10-8-11-20(24)13-19)22(27)15-29-21-12-7-6-9-16(21)2/h6-13,17-18H,5,14-15H2,1-4H3,(H,25,28)/t17-,18+/m0/s1. The van der Waals surface area contributed by atoms with Gasteiger partial charge in [0.25, 0.3) is 5.91 Å². The quantitative estimate of drug-likeness (QED) is 0.660. The number of aryl methyl sites for hydroxylation is 1. The van der Waals surface area contributed by atoms with Gasteiger partial charge in [0.1, 0.15) is 11.8 Å². The van der Waals surface area contributed by atoms with Gasteiger partial charge in [0.15, 0.2) is 6.61 Å². The lowest BCUT2D eigenvalue weighted by molar-refractivity contribution is -0.142. The van der Waals surface area contributed by atoms with Gasteiger partial charge in [-0.1, -0.05) is 48.9 Å². The van der Waals surface area contributed by atoms with E-state index in [0.717, 1.165) is 17.5 Å². The molecule has 0 saturated carbocycles. The first kappa shape index (κ1) is 22.8. The van der Waals surface area contributed by atoms with Gasteiger partial charge in [-0.15, -0.1) is 0 Å². The van der Waals surface area contributed by atoms with Crippen molar-refractivity contribution >= 4 is 23.4 Å². The topological polar surface area (TPSA) is 58.6 Å². The van der Waals surface area contributed by atoms with Gasteiger partial charge in [-0.2, -0.15) is 0 Å². The Morgan fingerprint density at radius 2 is 1.86 bits per heavy atom. The molecule has 2 rings (SSSR count). The van der Waals surface area contributed by atoms with Crippen molar-refractivity contribution in [1.82, 2.24) is 10.2 Å². The van der Waals surface area contributed by atoms with Crippen LogP contribution in [0.4, 0.5) is 0 Å². The Bertz CT molecular complexity index is 840. The molecule has 0 bridgehead atoms. The van der Waals surface area contributed by atoms with Crippen LogP contribution in [0.2, 0.25) is 5.02 Å². The molecule has 29 heavy (non-hydrogen) atoms. The van der Waals surface area contributed by atoms with Crippen molar-refractivity contribution in [2.45, 2.75) is 52.7 Å². The van der Waals surface area contributed by atoms with Crippen molar-refractivity contribution in [3.05, 3.63) is 64.7 Å². The van der Waals surface area contributed by atoms with E-state index >= 15 is 0 Å². The van der Waals surface area contributed by atoms with Crippen molar-refractivity contribution in [2.24, 2.45) is 0 Å². The summed E-state index contributed by atoms with van der Waals surface area (Å²) < 4.78 is 5.72. The van der Waals surface area contributed by atoms with E-state index in [1.54, 1.807) is 19.1 Å². The predicted molar refractivity (Wildman–Crippen MR) is 116 cm³/mol. The van der Waals surface area contributed by atoms with Gasteiger partial charge in [-0.05, 0) is 56.5 Å². The molecule has 0 aliphatic rings. The Morgan fingerprint density at radius 3 is 2.52 bits per heavy atom. The molecule has 0 aliphatic carbocycles. The van der Waals surface area contributed by atoms with Gasteiger partial charge in [0, 0.05) is 17.6 Å². The second kappa shape index (κ2) is 10.9. The molecule has 156 valence electrons. The number of carbonyl (C=O) groups is 2. The minimum Gasteiger partial charge on any atom is -0.484 e. The zero-order valence-corrected chi connectivity index (χ0v) is 18.2. The molecule has 2 amide bonds. The van der Waals surface area contributed by atoms with E-state index in [2.05, 4.69) is 5.32 Å². The Morgan fingerprint density at radius 1 is 1.14 bits per heavy atom. The fourth-order valence-corrected chi connectivity index (χ4v) is 3.03. The minimum absolute atomic E-state index is 0.0382. The van der Waals surface area contributed by atoms with Crippen LogP contribution >= 0.6 is 11.6 Å². The zero-order valence-electron chi connectivity index (χ0n) is 17.4. The summed E-state index contributed by atoms with van der Waals surface area (Å²) in [6, 6.07) is 14.2. The third-order valence-electron chi connectivity index (χ3n) is 4.86. The Hall–Kier alpha value is -2.53. The number of amides is 2. The SMILES string of the molecule is CC[C@H](C)NC(=O)[C@@H](C)N(Cc1cccc(Cl)c1)C(=O)COc1ccccc1C. The number of hydrogen-bond donors (Lipinski definition) is 1. The molecule has 1 N–H and O–H groups in total. The summed E-state index contributed by atoms with van der Waals surface area (Å²) in [5.41, 5.74) is 1.80. The van der Waals surface area contributed by atoms with Crippen LogP contribution in [0.5, 0.6) is 5.75 Å². The summed E-state index contributed by atoms with van der Waals surface area (Å²) in [6.07, 6.45) is 0.817. The number of hydrogen-bond acceptors (Lipinski definition) is 3. The highest BCUT2D eigenvalue weighted by Crippen LogP contribution is 2.18. The van der Waals surface area contributed by atoms with Crippen molar-refractivity contribution in [3.63, 3.8) is 0 Å². The summed E-state index contributed by atoms with van der Waals surface area (Å²) in [4.78, 5) is 27.2. The van der Waals surface area contributed by atoms with Gasteiger partial charge in [-0.25, -0.2) is 0 Å². The summed E-state index contributed by atoms with van der Waals surface area (Å²) >= 11 is 6.09. The number of para-hydroxylation sites is 1. The van der Waals surface area contributed by atoms with E-state index < -0.39 is 6.04 Å². The number of nitrogens with zero attached hydrogens (tertiary/aromatic N) is 1. The van der Waals surface area contributed by atoms with Crippen LogP contribution in [0.3, 0.4) is 0 Å². The number of nitrogens with one attached hydrogen (secondary N) is 1. The van der Waals surface area contributed by atoms with Crippen molar-refractivity contribution < 1.29 is 14.3 Å². The van der Waals surface area contributed by atoms with E-state index in [-0.39, 0.29) is 31.0 Å². The maximum Gasteiger partial charge on any atom is 0.261 e. The van der Waals surface area contributed by atoms with Crippen molar-refractivity contribution in [1.29, 1.82) is 0 Å². The highest BCUT2D eigenvalue weighted by atomic mass is 35.5. The van der Waals surface area contributed by atoms with Gasteiger partial charge in [-0.3, -0.25) is 9.59 Å². The average molecular weight is 417 g/mol. The van der Waals surface area contributed by atoms with Gasteiger partial charge >= 0.3 is 0 Å². The number of benzene rings is 2. The Balaban J connectivity index is 2.17. The number of halogens is 1. The summed E-state index contributed by atoms with van der Waals surface area (Å²) in [5.74, 6) is 0.200. The Labute approximate surface area is 178 Å². The van der Waals surface area contributed by atoms with Crippen LogP contribution in [-0.2, 0) is 16.1 Å². The molecule has 2 atom stereocenters. The zero-order chi connectivity index (χ0) is 21.4. The molecule has 2 aromatic carbocycles. The molecule has 0 radical (unpaired) electrons. The van der Waals surface area contributed by atoms with Gasteiger partial charge in [0.2, 0.25) is 5.91 Å². The van der Waals surface area contributed by atoms with E-state index in [9.17, 15) is 9.59 Å². The molecular weight excluding hydrogens is 388 g/mol. The monoisotopic (exact) mass is 416 g/mol. The summed E-state index contributed by atoms with van der Waals surface area (Å²) in [5, 5.41) is 3.53. The van der Waals surface area contributed by atoms with Crippen LogP contribution in [0.15, 0.2) is 48.5 Å². The molecule has 0 spiro atoms. The van der Waals surface area contributed by atoms with Crippen LogP contribution in [0.1, 0.15) is 38.3 Å². The summed E-state index contributed by atoms with van der Waals surface area (Å²) in [7, 11) is 0. The molecule has 0 heterocycles. The van der Waals surface area contributed by atoms with Crippen LogP contribution < -0.4 is 10.1 Å². The lowest BCUT2D eigenvalue weighted by Crippen LogP contribution is -2.50. The maximum absolute atomic E-state index is 13.0. The molecule has 0 saturated heterocycles. The third kappa shape index (κ3) is 6.79. The molecule has 0 aromatic heterocycles. The second-order valence-electron chi connectivity index (χ2n) is 7.20. The fraction of sp³-hybridized carbons (Fsp3) is 0.391. The molecule has 5 nitrogen and oxygen atoms in total. The number of rotatable bonds is 9. The van der Waals surface area contributed by atoms with Crippen LogP contribution in [-0.4, -0.2) is 35.4 Å². The lowest BCUT2D eigenvalue weighted by atomic mass is 10.1. The molecule has 6 heteroatoms. The normalized spacial score (nSPS) is 12.7. The first-order valence-corrected chi connectivity index (χ1v) is 10.2. The average Bonchev–Trinajstić information content (AvgIpc) is 2.70. The Kier molecular flexibility index (Phi) is 8.52. The number of ether oxygens (including phenoxy) is 1. The van der Waals surface area contributed by atoms with Gasteiger partial charge in [0.05, 0.1) is 0 Å². The maximum atomic E-state index is 13.0. The predicted octanol–water partition coefficient (Wildman–Crippen LogP) is 4.36. The third-order valence-corrected chi connectivity index (χ3v) is 5.09. The van der Waals surface area contributed by atoms with E-state index in [1.165, 1.54) is 4.90 Å². The smallest absolute Gasteiger partial charge is 0.261 e. The summed E-state index contributed by atoms with van der Waals surface area (Å²) in [6.45, 7) is 7.72. The van der Waals surface area contributed by atoms with E-state index in [4.69, 9.17) is 16.3 Å². The van der Waals surface area contributed by atoms with E-state index in [0.29, 0.717) is 10.8 Å². The molecule has 2 aromatic rings. The lowest BCUT2D eigenvalue weighted by Gasteiger charge is -2.29. The van der Waals surface area contributed by atoms with E-state index in [1.807, 2.05) is 57.2 Å². The fourth-order valence-electron chi connectivity index (χ4n) is 2.82. The molecule has 0 fully saturated rings. The van der Waals surface area contributed by atoms with Gasteiger partial charge < -0.3 is 15.0 Å². The highest BCUT2D eigenvalue weighted by molar-refractivity contribution is 6.30. The first-order valence-electron chi connectivity index (χ1n) is 9.84. The molecule has 0 unspecified atom stereocenters. The second-order valence-corrected chi connectivity index (χ2v) is 7.64. The van der Waals surface area contributed by atoms with Crippen LogP contribution in [0.25, 0.3) is 0 Å². The highest BCUT2D eigenvalue weighted by Gasteiger charge is 2.27. The minimum atomic E-state index is -0.643. The molecular formula is C23H29ClN2O3. The van der Waals surface area contributed by atoms with Crippen molar-refractivity contribution in [3.8, 4) is 5.75 Å². The first-order chi connectivity index (χ1) is 13.8. The molecule has 0 aliphatic heterocycles.